The van der Waals surface area contributed by atoms with Gasteiger partial charge in [0.25, 0.3) is 0 Å². The monoisotopic (exact) mass is 389 g/mol. The number of sulfone groups is 1. The molecule has 27 heavy (non-hydrogen) atoms. The van der Waals surface area contributed by atoms with E-state index in [2.05, 4.69) is 5.32 Å². The first-order valence-corrected chi connectivity index (χ1v) is 10.8. The predicted molar refractivity (Wildman–Crippen MR) is 107 cm³/mol. The fourth-order valence-electron chi connectivity index (χ4n) is 2.76. The summed E-state index contributed by atoms with van der Waals surface area (Å²) in [6, 6.07) is 14.6. The molecule has 1 N–H and O–H groups in total. The largest absolute Gasteiger partial charge is 0.496 e. The van der Waals surface area contributed by atoms with Crippen LogP contribution < -0.4 is 10.1 Å². The van der Waals surface area contributed by atoms with E-state index in [1.165, 1.54) is 0 Å². The summed E-state index contributed by atoms with van der Waals surface area (Å²) in [7, 11) is -1.77. The van der Waals surface area contributed by atoms with Gasteiger partial charge in [0, 0.05) is 13.0 Å². The Morgan fingerprint density at radius 1 is 1.04 bits per heavy atom. The van der Waals surface area contributed by atoms with Gasteiger partial charge in [0.05, 0.1) is 17.8 Å². The fraction of sp³-hybridized carbons (Fsp3) is 0.381. The highest BCUT2D eigenvalue weighted by atomic mass is 32.2. The van der Waals surface area contributed by atoms with Crippen LogP contribution in [0.3, 0.4) is 0 Å². The van der Waals surface area contributed by atoms with Crippen molar-refractivity contribution in [3.63, 3.8) is 0 Å². The van der Waals surface area contributed by atoms with Gasteiger partial charge in [-0.15, -0.1) is 0 Å². The van der Waals surface area contributed by atoms with Crippen LogP contribution in [0.5, 0.6) is 5.75 Å². The van der Waals surface area contributed by atoms with E-state index in [9.17, 15) is 13.2 Å². The molecule has 0 unspecified atom stereocenters. The van der Waals surface area contributed by atoms with E-state index in [4.69, 9.17) is 4.74 Å². The first kappa shape index (κ1) is 21.0. The fourth-order valence-corrected chi connectivity index (χ4v) is 4.00. The zero-order valence-electron chi connectivity index (χ0n) is 15.9. The molecule has 0 fully saturated rings. The summed E-state index contributed by atoms with van der Waals surface area (Å²) >= 11 is 0. The molecule has 0 radical (unpaired) electrons. The number of methoxy groups -OCH3 is 1. The summed E-state index contributed by atoms with van der Waals surface area (Å²) in [5.74, 6) is 0.467. The van der Waals surface area contributed by atoms with Crippen LogP contribution in [0, 0.1) is 6.92 Å². The van der Waals surface area contributed by atoms with Crippen molar-refractivity contribution in [3.8, 4) is 5.75 Å². The number of nitrogens with one attached hydrogen (secondary N) is 1. The number of amides is 1. The van der Waals surface area contributed by atoms with Crippen molar-refractivity contribution >= 4 is 15.7 Å². The zero-order chi connectivity index (χ0) is 19.7. The lowest BCUT2D eigenvalue weighted by Crippen LogP contribution is -2.26. The molecule has 2 rings (SSSR count). The summed E-state index contributed by atoms with van der Waals surface area (Å²) in [4.78, 5) is 12.2. The smallest absolute Gasteiger partial charge is 0.221 e. The Labute approximate surface area is 161 Å². The van der Waals surface area contributed by atoms with E-state index in [0.717, 1.165) is 36.1 Å². The highest BCUT2D eigenvalue weighted by Gasteiger charge is 2.16. The second-order valence-corrected chi connectivity index (χ2v) is 8.61. The van der Waals surface area contributed by atoms with Crippen molar-refractivity contribution in [3.05, 3.63) is 59.7 Å². The average molecular weight is 390 g/mol. The van der Waals surface area contributed by atoms with Gasteiger partial charge in [-0.25, -0.2) is 8.42 Å². The molecule has 0 heterocycles. The van der Waals surface area contributed by atoms with Crippen LogP contribution >= 0.6 is 0 Å². The lowest BCUT2D eigenvalue weighted by Gasteiger charge is -2.09. The molecule has 2 aromatic carbocycles. The molecule has 6 heteroatoms. The highest BCUT2D eigenvalue weighted by molar-refractivity contribution is 7.91. The molecular weight excluding hydrogens is 362 g/mol. The van der Waals surface area contributed by atoms with Crippen molar-refractivity contribution in [1.82, 2.24) is 5.32 Å². The minimum absolute atomic E-state index is 0.0251. The Morgan fingerprint density at radius 3 is 2.44 bits per heavy atom. The molecule has 0 aliphatic heterocycles. The molecule has 146 valence electrons. The van der Waals surface area contributed by atoms with Crippen LogP contribution in [0.4, 0.5) is 0 Å². The number of rotatable bonds is 10. The Hall–Kier alpha value is -2.34. The first-order valence-electron chi connectivity index (χ1n) is 9.10. The number of benzene rings is 2. The third kappa shape index (κ3) is 6.71. The minimum atomic E-state index is -3.43. The van der Waals surface area contributed by atoms with Gasteiger partial charge >= 0.3 is 0 Å². The number of carbonyl (C=O) groups excluding carboxylic acids is 1. The quantitative estimate of drug-likeness (QED) is 0.633. The second kappa shape index (κ2) is 10.1. The minimum Gasteiger partial charge on any atom is -0.496 e. The SMILES string of the molecule is COc1ccccc1CCCCNC(=O)CCS(=O)(=O)c1ccc(C)cc1. The lowest BCUT2D eigenvalue weighted by molar-refractivity contribution is -0.120. The summed E-state index contributed by atoms with van der Waals surface area (Å²) < 4.78 is 29.8. The van der Waals surface area contributed by atoms with Crippen molar-refractivity contribution < 1.29 is 17.9 Å². The van der Waals surface area contributed by atoms with Crippen molar-refractivity contribution in [1.29, 1.82) is 0 Å². The first-order chi connectivity index (χ1) is 12.9. The van der Waals surface area contributed by atoms with Crippen LogP contribution in [0.2, 0.25) is 0 Å². The summed E-state index contributed by atoms with van der Waals surface area (Å²) in [5, 5.41) is 2.80. The van der Waals surface area contributed by atoms with Crippen LogP contribution in [0.15, 0.2) is 53.4 Å². The van der Waals surface area contributed by atoms with E-state index in [-0.39, 0.29) is 23.0 Å². The molecule has 0 saturated heterocycles. The van der Waals surface area contributed by atoms with E-state index >= 15 is 0 Å². The highest BCUT2D eigenvalue weighted by Crippen LogP contribution is 2.19. The van der Waals surface area contributed by atoms with Gasteiger partial charge in [-0.05, 0) is 49.9 Å². The Bertz CT molecular complexity index is 845. The van der Waals surface area contributed by atoms with E-state index < -0.39 is 9.84 Å². The Kier molecular flexibility index (Phi) is 7.85. The molecule has 0 aromatic heterocycles. The maximum Gasteiger partial charge on any atom is 0.221 e. The molecule has 0 bridgehead atoms. The maximum atomic E-state index is 12.2. The number of hydrogen-bond donors (Lipinski definition) is 1. The van der Waals surface area contributed by atoms with Crippen molar-refractivity contribution in [2.45, 2.75) is 37.5 Å². The molecule has 0 atom stereocenters. The van der Waals surface area contributed by atoms with Gasteiger partial charge in [-0.1, -0.05) is 35.9 Å². The van der Waals surface area contributed by atoms with Gasteiger partial charge in [-0.3, -0.25) is 4.79 Å². The maximum absolute atomic E-state index is 12.2. The van der Waals surface area contributed by atoms with E-state index in [1.807, 2.05) is 31.2 Å². The third-order valence-corrected chi connectivity index (χ3v) is 6.10. The average Bonchev–Trinajstić information content (AvgIpc) is 2.67. The second-order valence-electron chi connectivity index (χ2n) is 6.50. The standard InChI is InChI=1S/C21H27NO4S/c1-17-10-12-19(13-11-17)27(24,25)16-14-21(23)22-15-6-5-8-18-7-3-4-9-20(18)26-2/h3-4,7,9-13H,5-6,8,14-16H2,1-2H3,(H,22,23). The Balaban J connectivity index is 1.68. The van der Waals surface area contributed by atoms with Gasteiger partial charge in [-0.2, -0.15) is 0 Å². The van der Waals surface area contributed by atoms with Gasteiger partial charge in [0.1, 0.15) is 5.75 Å². The van der Waals surface area contributed by atoms with Gasteiger partial charge in [0.15, 0.2) is 9.84 Å². The number of unbranched alkanes of at least 4 members (excludes halogenated alkanes) is 1. The van der Waals surface area contributed by atoms with E-state index in [1.54, 1.807) is 31.4 Å². The number of hydrogen-bond acceptors (Lipinski definition) is 4. The summed E-state index contributed by atoms with van der Waals surface area (Å²) in [6.45, 7) is 2.44. The van der Waals surface area contributed by atoms with Gasteiger partial charge in [0.2, 0.25) is 5.91 Å². The van der Waals surface area contributed by atoms with Crippen LogP contribution in [0.25, 0.3) is 0 Å². The van der Waals surface area contributed by atoms with Crippen LogP contribution in [0.1, 0.15) is 30.4 Å². The topological polar surface area (TPSA) is 72.5 Å². The molecular formula is C21H27NO4S. The lowest BCUT2D eigenvalue weighted by atomic mass is 10.1. The molecule has 0 aliphatic rings. The Morgan fingerprint density at radius 2 is 1.74 bits per heavy atom. The van der Waals surface area contributed by atoms with Crippen LogP contribution in [-0.2, 0) is 21.1 Å². The number of ether oxygens (including phenoxy) is 1. The van der Waals surface area contributed by atoms with Crippen LogP contribution in [-0.4, -0.2) is 33.7 Å². The molecule has 0 aliphatic carbocycles. The summed E-state index contributed by atoms with van der Waals surface area (Å²) in [5.41, 5.74) is 2.15. The molecule has 2 aromatic rings. The van der Waals surface area contributed by atoms with E-state index in [0.29, 0.717) is 6.54 Å². The number of para-hydroxylation sites is 1. The molecule has 0 saturated carbocycles. The molecule has 0 spiro atoms. The van der Waals surface area contributed by atoms with Crippen molar-refractivity contribution in [2.75, 3.05) is 19.4 Å². The number of aryl methyl sites for hydroxylation is 2. The van der Waals surface area contributed by atoms with Crippen molar-refractivity contribution in [2.24, 2.45) is 0 Å². The zero-order valence-corrected chi connectivity index (χ0v) is 16.7. The molecule has 5 nitrogen and oxygen atoms in total. The number of carbonyl (C=O) groups is 1. The molecule has 1 amide bonds. The predicted octanol–water partition coefficient (Wildman–Crippen LogP) is 3.31. The summed E-state index contributed by atoms with van der Waals surface area (Å²) in [6.07, 6.45) is 2.60. The normalized spacial score (nSPS) is 11.2. The van der Waals surface area contributed by atoms with Gasteiger partial charge < -0.3 is 10.1 Å². The third-order valence-electron chi connectivity index (χ3n) is 4.37.